The number of carbonyl (C=O) groups excluding carboxylic acids is 1. The van der Waals surface area contributed by atoms with Gasteiger partial charge < -0.3 is 11.5 Å². The van der Waals surface area contributed by atoms with Crippen molar-refractivity contribution in [2.24, 2.45) is 16.9 Å². The van der Waals surface area contributed by atoms with Gasteiger partial charge in [-0.2, -0.15) is 0 Å². The summed E-state index contributed by atoms with van der Waals surface area (Å²) in [6.45, 7) is 5.52. The smallest absolute Gasteiger partial charge is 0.224 e. The fourth-order valence-corrected chi connectivity index (χ4v) is 2.94. The third-order valence-electron chi connectivity index (χ3n) is 4.39. The van der Waals surface area contributed by atoms with E-state index in [1.807, 2.05) is 25.3 Å². The Balaban J connectivity index is 2.24. The SMILES string of the molecule is CCC(N)C(c1cccnc1)N1CCC(C)(C(N)=O)C1. The molecule has 1 amide bonds. The number of amides is 1. The molecule has 0 aromatic carbocycles. The van der Waals surface area contributed by atoms with Crippen molar-refractivity contribution in [1.29, 1.82) is 0 Å². The van der Waals surface area contributed by atoms with Crippen LogP contribution < -0.4 is 11.5 Å². The highest BCUT2D eigenvalue weighted by Gasteiger charge is 2.42. The zero-order chi connectivity index (χ0) is 14.8. The van der Waals surface area contributed by atoms with Gasteiger partial charge in [0.2, 0.25) is 5.91 Å². The predicted octanol–water partition coefficient (Wildman–Crippen LogP) is 1.06. The van der Waals surface area contributed by atoms with Crippen molar-refractivity contribution in [1.82, 2.24) is 9.88 Å². The van der Waals surface area contributed by atoms with Gasteiger partial charge >= 0.3 is 0 Å². The van der Waals surface area contributed by atoms with Gasteiger partial charge in [0.05, 0.1) is 11.5 Å². The summed E-state index contributed by atoms with van der Waals surface area (Å²) >= 11 is 0. The highest BCUT2D eigenvalue weighted by molar-refractivity contribution is 5.81. The first-order valence-corrected chi connectivity index (χ1v) is 7.17. The summed E-state index contributed by atoms with van der Waals surface area (Å²) in [5.74, 6) is -0.227. The Morgan fingerprint density at radius 3 is 2.85 bits per heavy atom. The molecule has 1 aliphatic rings. The second-order valence-electron chi connectivity index (χ2n) is 5.95. The van der Waals surface area contributed by atoms with E-state index in [4.69, 9.17) is 11.5 Å². The summed E-state index contributed by atoms with van der Waals surface area (Å²) in [6.07, 6.45) is 5.29. The minimum atomic E-state index is -0.450. The Morgan fingerprint density at radius 2 is 2.35 bits per heavy atom. The molecule has 20 heavy (non-hydrogen) atoms. The summed E-state index contributed by atoms with van der Waals surface area (Å²) < 4.78 is 0. The van der Waals surface area contributed by atoms with Gasteiger partial charge in [-0.05, 0) is 37.9 Å². The molecule has 2 rings (SSSR count). The van der Waals surface area contributed by atoms with Gasteiger partial charge in [0.15, 0.2) is 0 Å². The van der Waals surface area contributed by atoms with E-state index in [0.29, 0.717) is 6.54 Å². The van der Waals surface area contributed by atoms with Gasteiger partial charge in [-0.25, -0.2) is 0 Å². The van der Waals surface area contributed by atoms with Crippen LogP contribution in [0, 0.1) is 5.41 Å². The Morgan fingerprint density at radius 1 is 1.60 bits per heavy atom. The molecule has 3 atom stereocenters. The predicted molar refractivity (Wildman–Crippen MR) is 78.7 cm³/mol. The van der Waals surface area contributed by atoms with Gasteiger partial charge in [-0.1, -0.05) is 13.0 Å². The van der Waals surface area contributed by atoms with Crippen LogP contribution in [0.2, 0.25) is 0 Å². The van der Waals surface area contributed by atoms with E-state index < -0.39 is 5.41 Å². The fraction of sp³-hybridized carbons (Fsp3) is 0.600. The molecule has 3 unspecified atom stereocenters. The Kier molecular flexibility index (Phi) is 4.40. The van der Waals surface area contributed by atoms with Crippen LogP contribution in [0.1, 0.15) is 38.3 Å². The maximum Gasteiger partial charge on any atom is 0.224 e. The van der Waals surface area contributed by atoms with E-state index in [1.165, 1.54) is 0 Å². The summed E-state index contributed by atoms with van der Waals surface area (Å²) in [7, 11) is 0. The molecule has 2 heterocycles. The van der Waals surface area contributed by atoms with Crippen molar-refractivity contribution < 1.29 is 4.79 Å². The zero-order valence-corrected chi connectivity index (χ0v) is 12.2. The lowest BCUT2D eigenvalue weighted by Gasteiger charge is -2.33. The molecule has 0 spiro atoms. The second-order valence-corrected chi connectivity index (χ2v) is 5.95. The largest absolute Gasteiger partial charge is 0.369 e. The average molecular weight is 276 g/mol. The maximum absolute atomic E-state index is 11.6. The molecule has 1 aromatic rings. The molecule has 1 aromatic heterocycles. The van der Waals surface area contributed by atoms with Crippen molar-refractivity contribution in [3.8, 4) is 0 Å². The van der Waals surface area contributed by atoms with E-state index in [2.05, 4.69) is 16.8 Å². The molecule has 4 N–H and O–H groups in total. The number of nitrogens with two attached hydrogens (primary N) is 2. The molecule has 1 saturated heterocycles. The van der Waals surface area contributed by atoms with Crippen molar-refractivity contribution in [2.45, 2.75) is 38.8 Å². The quantitative estimate of drug-likeness (QED) is 0.842. The molecule has 5 nitrogen and oxygen atoms in total. The molecular formula is C15H24N4O. The van der Waals surface area contributed by atoms with Gasteiger partial charge in [-0.3, -0.25) is 14.7 Å². The first kappa shape index (κ1) is 14.9. The maximum atomic E-state index is 11.6. The molecule has 1 aliphatic heterocycles. The van der Waals surface area contributed by atoms with Crippen molar-refractivity contribution >= 4 is 5.91 Å². The van der Waals surface area contributed by atoms with Crippen LogP contribution in [0.25, 0.3) is 0 Å². The Hall–Kier alpha value is -1.46. The van der Waals surface area contributed by atoms with Crippen LogP contribution >= 0.6 is 0 Å². The van der Waals surface area contributed by atoms with E-state index >= 15 is 0 Å². The fourth-order valence-electron chi connectivity index (χ4n) is 2.94. The highest BCUT2D eigenvalue weighted by atomic mass is 16.1. The number of pyridine rings is 1. The lowest BCUT2D eigenvalue weighted by atomic mass is 9.89. The van der Waals surface area contributed by atoms with Crippen molar-refractivity contribution in [3.63, 3.8) is 0 Å². The summed E-state index contributed by atoms with van der Waals surface area (Å²) in [5, 5.41) is 0. The number of hydrogen-bond acceptors (Lipinski definition) is 4. The van der Waals surface area contributed by atoms with Crippen molar-refractivity contribution in [2.75, 3.05) is 13.1 Å². The van der Waals surface area contributed by atoms with Crippen LogP contribution in [0.15, 0.2) is 24.5 Å². The number of likely N-dealkylation sites (tertiary alicyclic amines) is 1. The summed E-state index contributed by atoms with van der Waals surface area (Å²) in [4.78, 5) is 18.1. The molecular weight excluding hydrogens is 252 g/mol. The van der Waals surface area contributed by atoms with E-state index in [9.17, 15) is 4.79 Å². The second kappa shape index (κ2) is 5.89. The first-order chi connectivity index (χ1) is 9.48. The Bertz CT molecular complexity index is 464. The van der Waals surface area contributed by atoms with E-state index in [-0.39, 0.29) is 18.0 Å². The third kappa shape index (κ3) is 2.83. The Labute approximate surface area is 120 Å². The number of rotatable bonds is 5. The molecule has 110 valence electrons. The van der Waals surface area contributed by atoms with Crippen molar-refractivity contribution in [3.05, 3.63) is 30.1 Å². The molecule has 0 aliphatic carbocycles. The molecule has 1 fully saturated rings. The van der Waals surface area contributed by atoms with E-state index in [1.54, 1.807) is 6.20 Å². The van der Waals surface area contributed by atoms with Crippen LogP contribution in [0.4, 0.5) is 0 Å². The monoisotopic (exact) mass is 276 g/mol. The number of primary amides is 1. The van der Waals surface area contributed by atoms with Gasteiger partial charge in [-0.15, -0.1) is 0 Å². The molecule has 0 bridgehead atoms. The average Bonchev–Trinajstić information content (AvgIpc) is 2.84. The molecule has 5 heteroatoms. The lowest BCUT2D eigenvalue weighted by Crippen LogP contribution is -2.43. The topological polar surface area (TPSA) is 85.2 Å². The van der Waals surface area contributed by atoms with Crippen LogP contribution in [-0.4, -0.2) is 34.9 Å². The van der Waals surface area contributed by atoms with Gasteiger partial charge in [0.1, 0.15) is 0 Å². The first-order valence-electron chi connectivity index (χ1n) is 7.17. The van der Waals surface area contributed by atoms with Crippen LogP contribution in [-0.2, 0) is 4.79 Å². The standard InChI is InChI=1S/C15H24N4O/c1-3-12(16)13(11-5-4-7-18-9-11)19-8-6-15(2,10-19)14(17)20/h4-5,7,9,12-13H,3,6,8,10,16H2,1-2H3,(H2,17,20). The third-order valence-corrected chi connectivity index (χ3v) is 4.39. The lowest BCUT2D eigenvalue weighted by molar-refractivity contribution is -0.126. The minimum Gasteiger partial charge on any atom is -0.369 e. The van der Waals surface area contributed by atoms with Gasteiger partial charge in [0, 0.05) is 25.0 Å². The highest BCUT2D eigenvalue weighted by Crippen LogP contribution is 2.36. The molecule has 0 radical (unpaired) electrons. The summed E-state index contributed by atoms with van der Waals surface area (Å²) in [6, 6.07) is 4.09. The van der Waals surface area contributed by atoms with Crippen LogP contribution in [0.3, 0.4) is 0 Å². The van der Waals surface area contributed by atoms with Crippen LogP contribution in [0.5, 0.6) is 0 Å². The normalized spacial score (nSPS) is 26.4. The van der Waals surface area contributed by atoms with E-state index in [0.717, 1.165) is 24.9 Å². The number of carbonyl (C=O) groups is 1. The molecule has 0 saturated carbocycles. The number of aromatic nitrogens is 1. The number of nitrogens with zero attached hydrogens (tertiary/aromatic N) is 2. The van der Waals surface area contributed by atoms with Gasteiger partial charge in [0.25, 0.3) is 0 Å². The number of hydrogen-bond donors (Lipinski definition) is 2. The zero-order valence-electron chi connectivity index (χ0n) is 12.2. The summed E-state index contributed by atoms with van der Waals surface area (Å²) in [5.41, 5.74) is 12.5. The minimum absolute atomic E-state index is 0.0226.